The van der Waals surface area contributed by atoms with Crippen molar-refractivity contribution in [3.63, 3.8) is 0 Å². The number of carboxylic acid groups (broad SMARTS) is 1. The SMILES string of the molecule is CC1CCCCN1S(=O)(=O)N1CCC[C@H](C(=O)O)[C@@H]1C. The van der Waals surface area contributed by atoms with Crippen LogP contribution in [0.2, 0.25) is 0 Å². The summed E-state index contributed by atoms with van der Waals surface area (Å²) in [5.74, 6) is -1.50. The molecule has 2 heterocycles. The van der Waals surface area contributed by atoms with Crippen molar-refractivity contribution < 1.29 is 18.3 Å². The highest BCUT2D eigenvalue weighted by molar-refractivity contribution is 7.86. The Morgan fingerprint density at radius 1 is 1.05 bits per heavy atom. The smallest absolute Gasteiger partial charge is 0.308 e. The van der Waals surface area contributed by atoms with Crippen LogP contribution in [-0.2, 0) is 15.0 Å². The van der Waals surface area contributed by atoms with Gasteiger partial charge in [-0.2, -0.15) is 17.0 Å². The lowest BCUT2D eigenvalue weighted by molar-refractivity contribution is -0.144. The van der Waals surface area contributed by atoms with E-state index in [0.29, 0.717) is 25.9 Å². The molecule has 0 amide bonds. The molecule has 0 bridgehead atoms. The van der Waals surface area contributed by atoms with Crippen molar-refractivity contribution >= 4 is 16.2 Å². The number of carboxylic acids is 1. The lowest BCUT2D eigenvalue weighted by atomic mass is 9.92. The van der Waals surface area contributed by atoms with E-state index in [1.54, 1.807) is 11.2 Å². The quantitative estimate of drug-likeness (QED) is 0.852. The Hall–Kier alpha value is -0.660. The summed E-state index contributed by atoms with van der Waals surface area (Å²) in [6.45, 7) is 4.62. The van der Waals surface area contributed by atoms with E-state index >= 15 is 0 Å². The predicted octanol–water partition coefficient (Wildman–Crippen LogP) is 1.29. The normalized spacial score (nSPS) is 34.0. The fourth-order valence-corrected chi connectivity index (χ4v) is 5.43. The van der Waals surface area contributed by atoms with E-state index in [4.69, 9.17) is 0 Å². The molecule has 0 radical (unpaired) electrons. The fraction of sp³-hybridized carbons (Fsp3) is 0.923. The summed E-state index contributed by atoms with van der Waals surface area (Å²) in [5, 5.41) is 9.22. The Bertz CT molecular complexity index is 465. The number of rotatable bonds is 3. The standard InChI is InChI=1S/C13H24N2O4S/c1-10-6-3-4-8-14(10)20(18,19)15-9-5-7-12(11(15)2)13(16)17/h10-12H,3-9H2,1-2H3,(H,16,17)/t10?,11-,12-/m0/s1. The first-order chi connectivity index (χ1) is 9.35. The largest absolute Gasteiger partial charge is 0.481 e. The summed E-state index contributed by atoms with van der Waals surface area (Å²) in [4.78, 5) is 11.2. The van der Waals surface area contributed by atoms with Crippen LogP contribution in [0.25, 0.3) is 0 Å². The van der Waals surface area contributed by atoms with Crippen LogP contribution in [0.1, 0.15) is 46.0 Å². The van der Waals surface area contributed by atoms with Gasteiger partial charge in [-0.25, -0.2) is 0 Å². The molecule has 0 saturated carbocycles. The minimum atomic E-state index is -3.55. The maximum atomic E-state index is 12.8. The van der Waals surface area contributed by atoms with Gasteiger partial charge in [0.05, 0.1) is 5.92 Å². The van der Waals surface area contributed by atoms with E-state index in [1.807, 2.05) is 6.92 Å². The van der Waals surface area contributed by atoms with Gasteiger partial charge in [0.2, 0.25) is 0 Å². The molecule has 2 saturated heterocycles. The Balaban J connectivity index is 2.21. The third-order valence-electron chi connectivity index (χ3n) is 4.58. The third-order valence-corrected chi connectivity index (χ3v) is 6.83. The molecule has 0 aromatic rings. The van der Waals surface area contributed by atoms with E-state index in [-0.39, 0.29) is 6.04 Å². The molecule has 6 nitrogen and oxygen atoms in total. The molecule has 2 fully saturated rings. The van der Waals surface area contributed by atoms with Gasteiger partial charge in [0.1, 0.15) is 0 Å². The first kappa shape index (κ1) is 15.7. The van der Waals surface area contributed by atoms with E-state index in [2.05, 4.69) is 0 Å². The minimum absolute atomic E-state index is 0.00570. The molecule has 2 aliphatic rings. The molecule has 2 rings (SSSR count). The molecule has 2 aliphatic heterocycles. The van der Waals surface area contributed by atoms with Crippen molar-refractivity contribution in [1.29, 1.82) is 0 Å². The van der Waals surface area contributed by atoms with Crippen LogP contribution in [0, 0.1) is 5.92 Å². The van der Waals surface area contributed by atoms with Gasteiger partial charge in [0.25, 0.3) is 10.2 Å². The molecule has 3 atom stereocenters. The Labute approximate surface area is 120 Å². The molecule has 20 heavy (non-hydrogen) atoms. The average Bonchev–Trinajstić information content (AvgIpc) is 2.38. The second-order valence-corrected chi connectivity index (χ2v) is 7.74. The molecule has 0 aromatic carbocycles. The minimum Gasteiger partial charge on any atom is -0.481 e. The van der Waals surface area contributed by atoms with Gasteiger partial charge < -0.3 is 5.11 Å². The molecular weight excluding hydrogens is 280 g/mol. The topological polar surface area (TPSA) is 77.9 Å². The van der Waals surface area contributed by atoms with Gasteiger partial charge in [0, 0.05) is 25.2 Å². The first-order valence-electron chi connectivity index (χ1n) is 7.37. The average molecular weight is 304 g/mol. The number of hydrogen-bond donors (Lipinski definition) is 1. The zero-order valence-electron chi connectivity index (χ0n) is 12.2. The lowest BCUT2D eigenvalue weighted by Crippen LogP contribution is -2.56. The molecule has 1 N–H and O–H groups in total. The van der Waals surface area contributed by atoms with Gasteiger partial charge in [-0.3, -0.25) is 4.79 Å². The molecule has 7 heteroatoms. The number of aliphatic carboxylic acids is 1. The highest BCUT2D eigenvalue weighted by atomic mass is 32.2. The van der Waals surface area contributed by atoms with Crippen molar-refractivity contribution in [2.24, 2.45) is 5.92 Å². The van der Waals surface area contributed by atoms with Gasteiger partial charge in [-0.05, 0) is 39.5 Å². The van der Waals surface area contributed by atoms with Crippen molar-refractivity contribution in [3.05, 3.63) is 0 Å². The van der Waals surface area contributed by atoms with Crippen molar-refractivity contribution in [2.75, 3.05) is 13.1 Å². The zero-order chi connectivity index (χ0) is 14.9. The van der Waals surface area contributed by atoms with Crippen LogP contribution >= 0.6 is 0 Å². The Morgan fingerprint density at radius 3 is 2.30 bits per heavy atom. The number of hydrogen-bond acceptors (Lipinski definition) is 3. The molecular formula is C13H24N2O4S. The second kappa shape index (κ2) is 5.99. The van der Waals surface area contributed by atoms with E-state index < -0.39 is 28.1 Å². The second-order valence-electron chi connectivity index (χ2n) is 5.90. The number of piperidine rings is 2. The maximum Gasteiger partial charge on any atom is 0.308 e. The van der Waals surface area contributed by atoms with Crippen LogP contribution in [0.5, 0.6) is 0 Å². The van der Waals surface area contributed by atoms with Gasteiger partial charge in [0.15, 0.2) is 0 Å². The van der Waals surface area contributed by atoms with Crippen LogP contribution in [0.4, 0.5) is 0 Å². The monoisotopic (exact) mass is 304 g/mol. The predicted molar refractivity (Wildman–Crippen MR) is 75.5 cm³/mol. The molecule has 0 aromatic heterocycles. The van der Waals surface area contributed by atoms with Crippen molar-refractivity contribution in [1.82, 2.24) is 8.61 Å². The summed E-state index contributed by atoms with van der Waals surface area (Å²) < 4.78 is 28.5. The first-order valence-corrected chi connectivity index (χ1v) is 8.77. The lowest BCUT2D eigenvalue weighted by Gasteiger charge is -2.42. The molecule has 0 aliphatic carbocycles. The molecule has 0 spiro atoms. The molecule has 116 valence electrons. The highest BCUT2D eigenvalue weighted by Gasteiger charge is 2.42. The summed E-state index contributed by atoms with van der Waals surface area (Å²) in [7, 11) is -3.55. The van der Waals surface area contributed by atoms with Gasteiger partial charge in [-0.15, -0.1) is 0 Å². The van der Waals surface area contributed by atoms with Crippen LogP contribution in [-0.4, -0.2) is 53.3 Å². The van der Waals surface area contributed by atoms with Crippen LogP contribution in [0.15, 0.2) is 0 Å². The van der Waals surface area contributed by atoms with Gasteiger partial charge in [-0.1, -0.05) is 6.42 Å². The van der Waals surface area contributed by atoms with Crippen molar-refractivity contribution in [3.8, 4) is 0 Å². The maximum absolute atomic E-state index is 12.8. The van der Waals surface area contributed by atoms with Gasteiger partial charge >= 0.3 is 5.97 Å². The van der Waals surface area contributed by atoms with E-state index in [1.165, 1.54) is 4.31 Å². The highest BCUT2D eigenvalue weighted by Crippen LogP contribution is 2.30. The fourth-order valence-electron chi connectivity index (χ4n) is 3.32. The zero-order valence-corrected chi connectivity index (χ0v) is 13.0. The summed E-state index contributed by atoms with van der Waals surface area (Å²) >= 11 is 0. The van der Waals surface area contributed by atoms with Crippen molar-refractivity contribution in [2.45, 2.75) is 58.0 Å². The summed E-state index contributed by atoms with van der Waals surface area (Å²) in [5.41, 5.74) is 0. The van der Waals surface area contributed by atoms with E-state index in [0.717, 1.165) is 19.3 Å². The van der Waals surface area contributed by atoms with Crippen LogP contribution in [0.3, 0.4) is 0 Å². The Kier molecular flexibility index (Phi) is 4.71. The van der Waals surface area contributed by atoms with E-state index in [9.17, 15) is 18.3 Å². The molecule has 1 unspecified atom stereocenters. The van der Waals surface area contributed by atoms with Crippen LogP contribution < -0.4 is 0 Å². The summed E-state index contributed by atoms with van der Waals surface area (Å²) in [6, 6.07) is -0.466. The Morgan fingerprint density at radius 2 is 1.70 bits per heavy atom. The third kappa shape index (κ3) is 2.84. The number of carbonyl (C=O) groups is 1. The summed E-state index contributed by atoms with van der Waals surface area (Å²) in [6.07, 6.45) is 3.99. The number of nitrogens with zero attached hydrogens (tertiary/aromatic N) is 2.